The number of halogens is 1. The highest BCUT2D eigenvalue weighted by molar-refractivity contribution is 6.59. The molecule has 0 aliphatic carbocycles. The minimum Gasteiger partial charge on any atom is -0.497 e. The first kappa shape index (κ1) is 27.1. The number of rotatable bonds is 7. The van der Waals surface area contributed by atoms with Crippen molar-refractivity contribution >= 4 is 53.2 Å². The summed E-state index contributed by atoms with van der Waals surface area (Å²) in [5, 5.41) is 39.9. The van der Waals surface area contributed by atoms with Gasteiger partial charge in [-0.3, -0.25) is 25.5 Å². The number of amides is 1. The van der Waals surface area contributed by atoms with Crippen LogP contribution in [0, 0.1) is 10.8 Å². The molecule has 194 valence electrons. The second-order valence-corrected chi connectivity index (χ2v) is 9.18. The predicted octanol–water partition coefficient (Wildman–Crippen LogP) is 2.74. The van der Waals surface area contributed by atoms with E-state index in [1.807, 2.05) is 12.1 Å². The highest BCUT2D eigenvalue weighted by Crippen LogP contribution is 2.33. The summed E-state index contributed by atoms with van der Waals surface area (Å²) in [4.78, 5) is 19.4. The van der Waals surface area contributed by atoms with Crippen molar-refractivity contribution in [3.63, 3.8) is 0 Å². The van der Waals surface area contributed by atoms with Crippen molar-refractivity contribution in [2.75, 3.05) is 12.0 Å². The molecule has 1 amide bonds. The minimum absolute atomic E-state index is 0.0192. The van der Waals surface area contributed by atoms with Crippen molar-refractivity contribution in [3.05, 3.63) is 88.4 Å². The van der Waals surface area contributed by atoms with Gasteiger partial charge in [0.1, 0.15) is 23.5 Å². The average Bonchev–Trinajstić information content (AvgIpc) is 3.02. The smallest absolute Gasteiger partial charge is 0.488 e. The van der Waals surface area contributed by atoms with Gasteiger partial charge in [-0.05, 0) is 48.3 Å². The van der Waals surface area contributed by atoms with Gasteiger partial charge >= 0.3 is 7.12 Å². The molecule has 0 bridgehead atoms. The van der Waals surface area contributed by atoms with Gasteiger partial charge in [0.15, 0.2) is 0 Å². The molecule has 1 aliphatic heterocycles. The Hall–Kier alpha value is -3.99. The van der Waals surface area contributed by atoms with E-state index in [0.29, 0.717) is 38.8 Å². The molecule has 0 fully saturated rings. The fourth-order valence-corrected chi connectivity index (χ4v) is 4.45. The van der Waals surface area contributed by atoms with E-state index in [9.17, 15) is 14.8 Å². The first-order valence-electron chi connectivity index (χ1n) is 11.9. The summed E-state index contributed by atoms with van der Waals surface area (Å²) >= 11 is 6.12. The molecule has 9 nitrogen and oxygen atoms in total. The number of nitrogens with one attached hydrogen (secondary N) is 3. The van der Waals surface area contributed by atoms with E-state index < -0.39 is 13.2 Å². The number of anilines is 1. The number of methoxy groups -OCH3 is 1. The lowest BCUT2D eigenvalue weighted by molar-refractivity contribution is -0.121. The van der Waals surface area contributed by atoms with Crippen LogP contribution in [0.4, 0.5) is 5.69 Å². The number of nitrogens with zero attached hydrogens (tertiary/aromatic N) is 2. The van der Waals surface area contributed by atoms with Crippen LogP contribution < -0.4 is 20.4 Å². The monoisotopic (exact) mass is 531 g/mol. The van der Waals surface area contributed by atoms with Crippen molar-refractivity contribution in [1.82, 2.24) is 5.32 Å². The number of benzene rings is 3. The van der Waals surface area contributed by atoms with Crippen LogP contribution in [0.1, 0.15) is 30.0 Å². The summed E-state index contributed by atoms with van der Waals surface area (Å²) in [6, 6.07) is 18.2. The van der Waals surface area contributed by atoms with Gasteiger partial charge in [-0.1, -0.05) is 48.0 Å². The Labute approximate surface area is 225 Å². The highest BCUT2D eigenvalue weighted by Gasteiger charge is 2.32. The Balaban J connectivity index is 1.71. The van der Waals surface area contributed by atoms with E-state index in [1.165, 1.54) is 4.90 Å². The van der Waals surface area contributed by atoms with E-state index >= 15 is 0 Å². The highest BCUT2D eigenvalue weighted by atomic mass is 35.5. The number of aliphatic imine (C=N–C) groups is 1. The quantitative estimate of drug-likeness (QED) is 0.181. The maximum absolute atomic E-state index is 13.0. The standard InChI is InChI=1S/C27H27BClN5O4/c1-16(30)34-24-12-11-20(38-2)13-21(24)26(17-7-9-19(29)10-8-17)33-23(27(34)31)14-25(35)32-15-18-5-3-4-6-22(18)28(36)37/h3-13,23,30-31,36-37H,14-15H2,1-2H3,(H,32,35)/t23-/m0/s1. The van der Waals surface area contributed by atoms with Crippen LogP contribution >= 0.6 is 11.6 Å². The third-order valence-corrected chi connectivity index (χ3v) is 6.43. The van der Waals surface area contributed by atoms with E-state index in [-0.39, 0.29) is 30.5 Å². The van der Waals surface area contributed by atoms with Crippen molar-refractivity contribution in [1.29, 1.82) is 10.8 Å². The zero-order valence-corrected chi connectivity index (χ0v) is 21.7. The van der Waals surface area contributed by atoms with Crippen LogP contribution in [0.25, 0.3) is 0 Å². The molecule has 0 radical (unpaired) electrons. The number of fused-ring (bicyclic) bond motifs is 1. The largest absolute Gasteiger partial charge is 0.497 e. The van der Waals surface area contributed by atoms with E-state index in [4.69, 9.17) is 32.1 Å². The Morgan fingerprint density at radius 2 is 1.87 bits per heavy atom. The van der Waals surface area contributed by atoms with Gasteiger partial charge in [-0.2, -0.15) is 0 Å². The Kier molecular flexibility index (Phi) is 8.26. The zero-order valence-electron chi connectivity index (χ0n) is 20.9. The molecule has 4 rings (SSSR count). The number of hydrogen-bond acceptors (Lipinski definition) is 7. The van der Waals surface area contributed by atoms with Crippen LogP contribution in [0.3, 0.4) is 0 Å². The summed E-state index contributed by atoms with van der Waals surface area (Å²) in [6.45, 7) is 1.65. The molecule has 11 heteroatoms. The van der Waals surface area contributed by atoms with Crippen molar-refractivity contribution < 1.29 is 19.6 Å². The molecule has 0 saturated heterocycles. The Morgan fingerprint density at radius 3 is 2.53 bits per heavy atom. The summed E-state index contributed by atoms with van der Waals surface area (Å²) in [7, 11) is -0.107. The lowest BCUT2D eigenvalue weighted by atomic mass is 9.77. The van der Waals surface area contributed by atoms with Crippen LogP contribution in [0.5, 0.6) is 5.75 Å². The summed E-state index contributed by atoms with van der Waals surface area (Å²) < 4.78 is 5.44. The maximum Gasteiger partial charge on any atom is 0.488 e. The van der Waals surface area contributed by atoms with Gasteiger partial charge < -0.3 is 20.1 Å². The van der Waals surface area contributed by atoms with Gasteiger partial charge in [-0.25, -0.2) is 0 Å². The number of benzodiazepines with no additional fused rings is 1. The molecule has 0 unspecified atom stereocenters. The van der Waals surface area contributed by atoms with E-state index in [1.54, 1.807) is 68.6 Å². The maximum atomic E-state index is 13.0. The van der Waals surface area contributed by atoms with Crippen molar-refractivity contribution in [3.8, 4) is 5.75 Å². The van der Waals surface area contributed by atoms with Crippen molar-refractivity contribution in [2.24, 2.45) is 4.99 Å². The lowest BCUT2D eigenvalue weighted by Gasteiger charge is -2.26. The number of carbonyl (C=O) groups excluding carboxylic acids is 1. The van der Waals surface area contributed by atoms with Gasteiger partial charge in [-0.15, -0.1) is 0 Å². The molecule has 1 heterocycles. The number of amidine groups is 2. The Morgan fingerprint density at radius 1 is 1.16 bits per heavy atom. The molecule has 38 heavy (non-hydrogen) atoms. The van der Waals surface area contributed by atoms with Crippen LogP contribution in [0.15, 0.2) is 71.7 Å². The first-order valence-corrected chi connectivity index (χ1v) is 12.2. The number of carbonyl (C=O) groups is 1. The molecule has 3 aromatic carbocycles. The summed E-state index contributed by atoms with van der Waals surface area (Å²) in [5.74, 6) is 0.284. The first-order chi connectivity index (χ1) is 18.2. The van der Waals surface area contributed by atoms with Crippen molar-refractivity contribution in [2.45, 2.75) is 25.9 Å². The molecule has 0 aromatic heterocycles. The second-order valence-electron chi connectivity index (χ2n) is 8.74. The number of ether oxygens (including phenoxy) is 1. The summed E-state index contributed by atoms with van der Waals surface area (Å²) in [6.07, 6.45) is -0.158. The van der Waals surface area contributed by atoms with Gasteiger partial charge in [0.05, 0.1) is 24.9 Å². The third kappa shape index (κ3) is 5.78. The molecular weight excluding hydrogens is 505 g/mol. The fourth-order valence-electron chi connectivity index (χ4n) is 4.32. The molecule has 3 aromatic rings. The van der Waals surface area contributed by atoms with Gasteiger partial charge in [0.2, 0.25) is 5.91 Å². The van der Waals surface area contributed by atoms with Gasteiger partial charge in [0, 0.05) is 22.7 Å². The summed E-state index contributed by atoms with van der Waals surface area (Å²) in [5.41, 5.74) is 3.36. The topological polar surface area (TPSA) is 142 Å². The normalized spacial score (nSPS) is 14.8. The molecule has 0 spiro atoms. The lowest BCUT2D eigenvalue weighted by Crippen LogP contribution is -2.42. The van der Waals surface area contributed by atoms with Crippen LogP contribution in [-0.2, 0) is 11.3 Å². The molecule has 1 atom stereocenters. The van der Waals surface area contributed by atoms with Crippen LogP contribution in [0.2, 0.25) is 5.02 Å². The van der Waals surface area contributed by atoms with Gasteiger partial charge in [0.25, 0.3) is 0 Å². The second kappa shape index (κ2) is 11.6. The predicted molar refractivity (Wildman–Crippen MR) is 150 cm³/mol. The third-order valence-electron chi connectivity index (χ3n) is 6.18. The van der Waals surface area contributed by atoms with E-state index in [0.717, 1.165) is 5.56 Å². The Bertz CT molecular complexity index is 1410. The molecule has 0 saturated carbocycles. The molecule has 1 aliphatic rings. The average molecular weight is 532 g/mol. The molecule has 5 N–H and O–H groups in total. The fraction of sp³-hybridized carbons (Fsp3) is 0.185. The van der Waals surface area contributed by atoms with Crippen LogP contribution in [-0.4, -0.2) is 53.6 Å². The minimum atomic E-state index is -1.66. The molecular formula is C27H27BClN5O4. The zero-order chi connectivity index (χ0) is 27.4. The van der Waals surface area contributed by atoms with E-state index in [2.05, 4.69) is 5.32 Å². The SMILES string of the molecule is COc1ccc2c(c1)C(c1ccc(Cl)cc1)=N[C@@H](CC(=O)NCc1ccccc1B(O)O)C(=N)N2C(C)=N. The number of hydrogen-bond donors (Lipinski definition) is 5.